The minimum atomic E-state index is 0. The Labute approximate surface area is 156 Å². The topological polar surface area (TPSA) is 50.4 Å². The van der Waals surface area contributed by atoms with Gasteiger partial charge in [0.2, 0.25) is 0 Å². The molecule has 0 saturated carbocycles. The molecule has 0 radical (unpaired) electrons. The average molecular weight is 366 g/mol. The Balaban J connectivity index is 0.00000144. The van der Waals surface area contributed by atoms with E-state index in [9.17, 15) is 0 Å². The van der Waals surface area contributed by atoms with Crippen molar-refractivity contribution in [1.82, 2.24) is 5.32 Å². The Kier molecular flexibility index (Phi) is 8.26. The van der Waals surface area contributed by atoms with Crippen molar-refractivity contribution >= 4 is 30.6 Å². The molecule has 3 rings (SSSR count). The van der Waals surface area contributed by atoms with Gasteiger partial charge in [-0.05, 0) is 36.5 Å². The van der Waals surface area contributed by atoms with E-state index in [0.29, 0.717) is 12.6 Å². The van der Waals surface area contributed by atoms with Crippen molar-refractivity contribution in [2.75, 3.05) is 6.54 Å². The molecule has 24 heavy (non-hydrogen) atoms. The summed E-state index contributed by atoms with van der Waals surface area (Å²) in [5.74, 6) is 1.02. The van der Waals surface area contributed by atoms with Gasteiger partial charge in [-0.1, -0.05) is 48.5 Å². The maximum absolute atomic E-state index is 5.62. The second-order valence-electron chi connectivity index (χ2n) is 5.95. The fourth-order valence-corrected chi connectivity index (χ4v) is 2.69. The molecule has 1 heterocycles. The van der Waals surface area contributed by atoms with Gasteiger partial charge in [0.15, 0.2) is 0 Å². The van der Waals surface area contributed by atoms with E-state index in [1.165, 1.54) is 22.3 Å². The number of nitrogens with one attached hydrogen (secondary N) is 1. The SMILES string of the molecule is CC1CN=C(c2ccc(CCc3ccc(CN)cc3)cc2)N1.Cl.Cl. The molecule has 2 aromatic carbocycles. The van der Waals surface area contributed by atoms with Crippen molar-refractivity contribution in [1.29, 1.82) is 0 Å². The Hall–Kier alpha value is -1.55. The van der Waals surface area contributed by atoms with Crippen LogP contribution in [0, 0.1) is 0 Å². The van der Waals surface area contributed by atoms with E-state index in [4.69, 9.17) is 5.73 Å². The first-order chi connectivity index (χ1) is 10.7. The molecule has 2 aromatic rings. The summed E-state index contributed by atoms with van der Waals surface area (Å²) >= 11 is 0. The van der Waals surface area contributed by atoms with Crippen LogP contribution in [-0.4, -0.2) is 18.4 Å². The van der Waals surface area contributed by atoms with Crippen molar-refractivity contribution < 1.29 is 0 Å². The normalized spacial score (nSPS) is 15.8. The number of aryl methyl sites for hydroxylation is 2. The van der Waals surface area contributed by atoms with E-state index < -0.39 is 0 Å². The van der Waals surface area contributed by atoms with Crippen LogP contribution >= 0.6 is 24.8 Å². The van der Waals surface area contributed by atoms with E-state index in [-0.39, 0.29) is 24.8 Å². The first-order valence-electron chi connectivity index (χ1n) is 7.93. The van der Waals surface area contributed by atoms with Crippen LogP contribution in [-0.2, 0) is 19.4 Å². The number of amidine groups is 1. The average Bonchev–Trinajstić information content (AvgIpc) is 3.00. The smallest absolute Gasteiger partial charge is 0.128 e. The number of aliphatic imine (C=N–C) groups is 1. The molecular weight excluding hydrogens is 341 g/mol. The summed E-state index contributed by atoms with van der Waals surface area (Å²) in [5, 5.41) is 3.40. The lowest BCUT2D eigenvalue weighted by atomic mass is 10.0. The highest BCUT2D eigenvalue weighted by Crippen LogP contribution is 2.12. The third-order valence-corrected chi connectivity index (χ3v) is 4.09. The highest BCUT2D eigenvalue weighted by molar-refractivity contribution is 6.00. The fraction of sp³-hybridized carbons (Fsp3) is 0.316. The lowest BCUT2D eigenvalue weighted by molar-refractivity contribution is 0.726. The van der Waals surface area contributed by atoms with Crippen molar-refractivity contribution in [3.05, 3.63) is 70.8 Å². The Morgan fingerprint density at radius 1 is 0.917 bits per heavy atom. The van der Waals surface area contributed by atoms with Gasteiger partial charge in [-0.15, -0.1) is 24.8 Å². The molecule has 5 heteroatoms. The van der Waals surface area contributed by atoms with E-state index >= 15 is 0 Å². The molecule has 0 bridgehead atoms. The van der Waals surface area contributed by atoms with Gasteiger partial charge < -0.3 is 11.1 Å². The van der Waals surface area contributed by atoms with E-state index in [0.717, 1.165) is 25.2 Å². The molecule has 1 aliphatic heterocycles. The number of nitrogens with zero attached hydrogens (tertiary/aromatic N) is 1. The second-order valence-corrected chi connectivity index (χ2v) is 5.95. The Bertz CT molecular complexity index is 651. The highest BCUT2D eigenvalue weighted by Gasteiger charge is 2.13. The summed E-state index contributed by atoms with van der Waals surface area (Å²) in [4.78, 5) is 4.52. The predicted molar refractivity (Wildman–Crippen MR) is 107 cm³/mol. The van der Waals surface area contributed by atoms with E-state index in [1.54, 1.807) is 0 Å². The maximum atomic E-state index is 5.62. The van der Waals surface area contributed by atoms with Gasteiger partial charge in [0, 0.05) is 18.2 Å². The van der Waals surface area contributed by atoms with Gasteiger partial charge in [0.05, 0.1) is 6.54 Å². The standard InChI is InChI=1S/C19H23N3.2ClH/c1-14-13-21-19(22-14)18-10-8-16(9-11-18)3-2-15-4-6-17(12-20)7-5-15;;/h4-11,14H,2-3,12-13,20H2,1H3,(H,21,22);2*1H. The Morgan fingerprint density at radius 2 is 1.42 bits per heavy atom. The van der Waals surface area contributed by atoms with Crippen molar-refractivity contribution in [3.8, 4) is 0 Å². The molecule has 0 amide bonds. The predicted octanol–water partition coefficient (Wildman–Crippen LogP) is 3.51. The van der Waals surface area contributed by atoms with Crippen LogP contribution in [0.4, 0.5) is 0 Å². The first kappa shape index (κ1) is 20.5. The molecule has 0 fully saturated rings. The number of benzene rings is 2. The number of hydrogen-bond acceptors (Lipinski definition) is 3. The lowest BCUT2D eigenvalue weighted by Gasteiger charge is -2.07. The van der Waals surface area contributed by atoms with Gasteiger partial charge in [0.1, 0.15) is 5.84 Å². The summed E-state index contributed by atoms with van der Waals surface area (Å²) < 4.78 is 0. The molecule has 1 unspecified atom stereocenters. The minimum Gasteiger partial charge on any atom is -0.366 e. The van der Waals surface area contributed by atoms with Crippen LogP contribution in [0.25, 0.3) is 0 Å². The third-order valence-electron chi connectivity index (χ3n) is 4.09. The molecule has 3 nitrogen and oxygen atoms in total. The zero-order valence-electron chi connectivity index (χ0n) is 13.9. The van der Waals surface area contributed by atoms with Gasteiger partial charge >= 0.3 is 0 Å². The molecule has 0 saturated heterocycles. The number of nitrogens with two attached hydrogens (primary N) is 1. The van der Waals surface area contributed by atoms with Crippen LogP contribution in [0.3, 0.4) is 0 Å². The molecule has 0 spiro atoms. The summed E-state index contributed by atoms with van der Waals surface area (Å²) in [7, 11) is 0. The fourth-order valence-electron chi connectivity index (χ4n) is 2.69. The number of halogens is 2. The van der Waals surface area contributed by atoms with Gasteiger partial charge in [0.25, 0.3) is 0 Å². The summed E-state index contributed by atoms with van der Waals surface area (Å²) in [6.07, 6.45) is 2.11. The quantitative estimate of drug-likeness (QED) is 0.851. The molecule has 1 atom stereocenters. The second kappa shape index (κ2) is 9.67. The summed E-state index contributed by atoms with van der Waals surface area (Å²) in [5.41, 5.74) is 10.7. The monoisotopic (exact) mass is 365 g/mol. The van der Waals surface area contributed by atoms with Gasteiger partial charge in [-0.3, -0.25) is 4.99 Å². The van der Waals surface area contributed by atoms with Crippen LogP contribution in [0.2, 0.25) is 0 Å². The third kappa shape index (κ3) is 5.23. The molecule has 0 aliphatic carbocycles. The van der Waals surface area contributed by atoms with Crippen molar-refractivity contribution in [2.24, 2.45) is 10.7 Å². The molecule has 1 aliphatic rings. The van der Waals surface area contributed by atoms with Crippen LogP contribution in [0.5, 0.6) is 0 Å². The first-order valence-corrected chi connectivity index (χ1v) is 7.93. The largest absolute Gasteiger partial charge is 0.366 e. The van der Waals surface area contributed by atoms with Crippen LogP contribution in [0.15, 0.2) is 53.5 Å². The minimum absolute atomic E-state index is 0. The van der Waals surface area contributed by atoms with E-state index in [2.05, 4.69) is 65.8 Å². The molecule has 0 aromatic heterocycles. The Morgan fingerprint density at radius 3 is 1.88 bits per heavy atom. The zero-order chi connectivity index (χ0) is 15.4. The van der Waals surface area contributed by atoms with Gasteiger partial charge in [-0.2, -0.15) is 0 Å². The summed E-state index contributed by atoms with van der Waals surface area (Å²) in [6, 6.07) is 17.8. The maximum Gasteiger partial charge on any atom is 0.128 e. The van der Waals surface area contributed by atoms with Crippen LogP contribution < -0.4 is 11.1 Å². The molecule has 3 N–H and O–H groups in total. The number of rotatable bonds is 5. The van der Waals surface area contributed by atoms with Gasteiger partial charge in [-0.25, -0.2) is 0 Å². The highest BCUT2D eigenvalue weighted by atomic mass is 35.5. The summed E-state index contributed by atoms with van der Waals surface area (Å²) in [6.45, 7) is 3.63. The lowest BCUT2D eigenvalue weighted by Crippen LogP contribution is -2.27. The van der Waals surface area contributed by atoms with Crippen molar-refractivity contribution in [3.63, 3.8) is 0 Å². The molecule has 130 valence electrons. The molecular formula is C19H25Cl2N3. The van der Waals surface area contributed by atoms with E-state index in [1.807, 2.05) is 0 Å². The van der Waals surface area contributed by atoms with Crippen molar-refractivity contribution in [2.45, 2.75) is 32.4 Å². The zero-order valence-corrected chi connectivity index (χ0v) is 15.5. The van der Waals surface area contributed by atoms with Crippen LogP contribution in [0.1, 0.15) is 29.2 Å². The number of hydrogen-bond donors (Lipinski definition) is 2.